The van der Waals surface area contributed by atoms with Crippen molar-refractivity contribution in [2.45, 2.75) is 32.5 Å². The van der Waals surface area contributed by atoms with E-state index in [1.165, 1.54) is 6.33 Å². The normalized spacial score (nSPS) is 11.6. The molecule has 1 unspecified atom stereocenters. The molecule has 4 aromatic rings. The van der Waals surface area contributed by atoms with Crippen LogP contribution in [0, 0.1) is 0 Å². The van der Waals surface area contributed by atoms with Crippen molar-refractivity contribution in [1.29, 1.82) is 0 Å². The van der Waals surface area contributed by atoms with Crippen LogP contribution in [0.15, 0.2) is 67.1 Å². The first-order valence-electron chi connectivity index (χ1n) is 11.9. The van der Waals surface area contributed by atoms with Crippen molar-refractivity contribution in [3.05, 3.63) is 77.8 Å². The highest BCUT2D eigenvalue weighted by atomic mass is 35.5. The van der Waals surface area contributed by atoms with Crippen LogP contribution in [0.3, 0.4) is 0 Å². The SMILES string of the molecule is CC(CNC(=O)CCCO)Oc1cccc2ncnc(Nc3ccc(OCc4ccccn4)c(Cl)c3)c12. The van der Waals surface area contributed by atoms with Gasteiger partial charge < -0.3 is 25.2 Å². The Morgan fingerprint density at radius 1 is 1.08 bits per heavy atom. The average Bonchev–Trinajstić information content (AvgIpc) is 2.91. The number of halogens is 1. The number of amides is 1. The zero-order valence-corrected chi connectivity index (χ0v) is 21.1. The third kappa shape index (κ3) is 7.28. The van der Waals surface area contributed by atoms with Crippen molar-refractivity contribution < 1.29 is 19.4 Å². The minimum Gasteiger partial charge on any atom is -0.488 e. The van der Waals surface area contributed by atoms with Crippen LogP contribution in [0.5, 0.6) is 11.5 Å². The Labute approximate surface area is 219 Å². The highest BCUT2D eigenvalue weighted by Crippen LogP contribution is 2.34. The fourth-order valence-electron chi connectivity index (χ4n) is 3.58. The summed E-state index contributed by atoms with van der Waals surface area (Å²) in [5.41, 5.74) is 2.23. The maximum Gasteiger partial charge on any atom is 0.220 e. The van der Waals surface area contributed by atoms with E-state index in [1.54, 1.807) is 18.3 Å². The molecular weight excluding hydrogens is 494 g/mol. The summed E-state index contributed by atoms with van der Waals surface area (Å²) in [5, 5.41) is 16.1. The monoisotopic (exact) mass is 521 g/mol. The van der Waals surface area contributed by atoms with Crippen LogP contribution in [0.1, 0.15) is 25.5 Å². The minimum atomic E-state index is -0.304. The second-order valence-corrected chi connectivity index (χ2v) is 8.72. The summed E-state index contributed by atoms with van der Waals surface area (Å²) in [5.74, 6) is 1.55. The van der Waals surface area contributed by atoms with E-state index in [1.807, 2.05) is 49.4 Å². The molecule has 0 bridgehead atoms. The van der Waals surface area contributed by atoms with E-state index in [2.05, 4.69) is 25.6 Å². The summed E-state index contributed by atoms with van der Waals surface area (Å²) in [6.45, 7) is 2.49. The van der Waals surface area contributed by atoms with Gasteiger partial charge in [-0.3, -0.25) is 9.78 Å². The van der Waals surface area contributed by atoms with Crippen LogP contribution in [0.4, 0.5) is 11.5 Å². The summed E-state index contributed by atoms with van der Waals surface area (Å²) in [7, 11) is 0. The van der Waals surface area contributed by atoms with Gasteiger partial charge in [0.1, 0.15) is 36.4 Å². The van der Waals surface area contributed by atoms with Crippen molar-refractivity contribution in [3.63, 3.8) is 0 Å². The van der Waals surface area contributed by atoms with Crippen LogP contribution in [0.2, 0.25) is 5.02 Å². The van der Waals surface area contributed by atoms with Gasteiger partial charge in [0.25, 0.3) is 0 Å². The van der Waals surface area contributed by atoms with Crippen LogP contribution in [-0.2, 0) is 11.4 Å². The molecule has 10 heteroatoms. The Bertz CT molecular complexity index is 1330. The number of rotatable bonds is 12. The van der Waals surface area contributed by atoms with Gasteiger partial charge in [0, 0.05) is 24.9 Å². The number of nitrogens with zero attached hydrogens (tertiary/aromatic N) is 3. The lowest BCUT2D eigenvalue weighted by molar-refractivity contribution is -0.121. The molecule has 1 atom stereocenters. The lowest BCUT2D eigenvalue weighted by Crippen LogP contribution is -2.33. The number of aromatic nitrogens is 3. The van der Waals surface area contributed by atoms with E-state index in [9.17, 15) is 4.79 Å². The Kier molecular flexibility index (Phi) is 9.07. The van der Waals surface area contributed by atoms with Gasteiger partial charge in [-0.05, 0) is 55.8 Å². The van der Waals surface area contributed by atoms with Gasteiger partial charge in [-0.25, -0.2) is 9.97 Å². The van der Waals surface area contributed by atoms with Crippen molar-refractivity contribution >= 4 is 39.9 Å². The number of fused-ring (bicyclic) bond motifs is 1. The summed E-state index contributed by atoms with van der Waals surface area (Å²) in [6, 6.07) is 16.6. The molecule has 0 spiro atoms. The molecule has 192 valence electrons. The van der Waals surface area contributed by atoms with Gasteiger partial charge in [-0.1, -0.05) is 23.7 Å². The molecule has 2 heterocycles. The largest absolute Gasteiger partial charge is 0.488 e. The summed E-state index contributed by atoms with van der Waals surface area (Å²) < 4.78 is 12.0. The first-order valence-corrected chi connectivity index (χ1v) is 12.3. The molecule has 0 saturated heterocycles. The third-order valence-electron chi connectivity index (χ3n) is 5.40. The molecule has 1 amide bonds. The molecule has 2 aromatic carbocycles. The maximum absolute atomic E-state index is 11.9. The van der Waals surface area contributed by atoms with Gasteiger partial charge in [0.15, 0.2) is 0 Å². The van der Waals surface area contributed by atoms with Crippen LogP contribution < -0.4 is 20.1 Å². The molecular formula is C27H28ClN5O4. The molecule has 37 heavy (non-hydrogen) atoms. The van der Waals surface area contributed by atoms with E-state index in [-0.39, 0.29) is 25.0 Å². The van der Waals surface area contributed by atoms with E-state index >= 15 is 0 Å². The molecule has 0 radical (unpaired) electrons. The van der Waals surface area contributed by atoms with Gasteiger partial charge >= 0.3 is 0 Å². The number of carbonyl (C=O) groups excluding carboxylic acids is 1. The zero-order valence-electron chi connectivity index (χ0n) is 20.4. The van der Waals surface area contributed by atoms with E-state index < -0.39 is 0 Å². The van der Waals surface area contributed by atoms with Gasteiger partial charge in [-0.2, -0.15) is 0 Å². The number of hydrogen-bond acceptors (Lipinski definition) is 8. The molecule has 0 fully saturated rings. The Hall–Kier alpha value is -3.95. The molecule has 3 N–H and O–H groups in total. The molecule has 0 saturated carbocycles. The summed E-state index contributed by atoms with van der Waals surface area (Å²) in [6.07, 6.45) is 3.59. The number of carbonyl (C=O) groups is 1. The lowest BCUT2D eigenvalue weighted by atomic mass is 10.2. The maximum atomic E-state index is 11.9. The molecule has 0 aliphatic rings. The minimum absolute atomic E-state index is 0.0165. The Morgan fingerprint density at radius 3 is 2.76 bits per heavy atom. The molecule has 0 aliphatic heterocycles. The fourth-order valence-corrected chi connectivity index (χ4v) is 3.82. The van der Waals surface area contributed by atoms with Gasteiger partial charge in [-0.15, -0.1) is 0 Å². The van der Waals surface area contributed by atoms with Crippen molar-refractivity contribution in [1.82, 2.24) is 20.3 Å². The van der Waals surface area contributed by atoms with E-state index in [4.69, 9.17) is 26.2 Å². The number of ether oxygens (including phenoxy) is 2. The number of nitrogens with one attached hydrogen (secondary N) is 2. The highest BCUT2D eigenvalue weighted by molar-refractivity contribution is 6.32. The predicted molar refractivity (Wildman–Crippen MR) is 142 cm³/mol. The first kappa shape index (κ1) is 26.1. The van der Waals surface area contributed by atoms with Gasteiger partial charge in [0.05, 0.1) is 28.2 Å². The summed E-state index contributed by atoms with van der Waals surface area (Å²) >= 11 is 6.48. The fraction of sp³-hybridized carbons (Fsp3) is 0.259. The van der Waals surface area contributed by atoms with Crippen molar-refractivity contribution in [3.8, 4) is 11.5 Å². The second kappa shape index (κ2) is 12.8. The third-order valence-corrected chi connectivity index (χ3v) is 5.69. The van der Waals surface area contributed by atoms with Gasteiger partial charge in [0.2, 0.25) is 5.91 Å². The second-order valence-electron chi connectivity index (χ2n) is 8.31. The highest BCUT2D eigenvalue weighted by Gasteiger charge is 2.14. The smallest absolute Gasteiger partial charge is 0.220 e. The zero-order chi connectivity index (χ0) is 26.0. The first-order chi connectivity index (χ1) is 18.0. The molecule has 0 aliphatic carbocycles. The van der Waals surface area contributed by atoms with Crippen molar-refractivity contribution in [2.75, 3.05) is 18.5 Å². The number of benzene rings is 2. The van der Waals surface area contributed by atoms with Crippen LogP contribution in [0.25, 0.3) is 10.9 Å². The Morgan fingerprint density at radius 2 is 1.97 bits per heavy atom. The predicted octanol–water partition coefficient (Wildman–Crippen LogP) is 4.66. The molecule has 2 aromatic heterocycles. The number of hydrogen-bond donors (Lipinski definition) is 3. The quantitative estimate of drug-likeness (QED) is 0.246. The number of anilines is 2. The lowest BCUT2D eigenvalue weighted by Gasteiger charge is -2.18. The molecule has 9 nitrogen and oxygen atoms in total. The number of aliphatic hydroxyl groups excluding tert-OH is 1. The van der Waals surface area contributed by atoms with E-state index in [0.717, 1.165) is 5.69 Å². The average molecular weight is 522 g/mol. The van der Waals surface area contributed by atoms with Crippen LogP contribution >= 0.6 is 11.6 Å². The van der Waals surface area contributed by atoms with Crippen molar-refractivity contribution in [2.24, 2.45) is 0 Å². The number of pyridine rings is 1. The topological polar surface area (TPSA) is 118 Å². The molecule has 4 rings (SSSR count). The number of aliphatic hydroxyl groups is 1. The van der Waals surface area contributed by atoms with E-state index in [0.29, 0.717) is 58.5 Å². The Balaban J connectivity index is 1.47. The van der Waals surface area contributed by atoms with Crippen LogP contribution in [-0.4, -0.2) is 45.2 Å². The summed E-state index contributed by atoms with van der Waals surface area (Å²) in [4.78, 5) is 24.9. The standard InChI is InChI=1S/C27H28ClN5O4/c1-18(15-30-25(35)9-5-13-34)37-24-8-4-7-22-26(24)27(32-17-31-22)33-19-10-11-23(21(28)14-19)36-16-20-6-2-3-12-29-20/h2-4,6-8,10-12,14,17-18,34H,5,9,13,15-16H2,1H3,(H,30,35)(H,31,32,33).